The number of hydrogen-bond donors (Lipinski definition) is 1. The maximum Gasteiger partial charge on any atom is 0.324 e. The molecule has 6 heteroatoms. The smallest absolute Gasteiger partial charge is 0.324 e. The lowest BCUT2D eigenvalue weighted by molar-refractivity contribution is 0.207. The van der Waals surface area contributed by atoms with Crippen LogP contribution in [0.2, 0.25) is 5.02 Å². The van der Waals surface area contributed by atoms with Gasteiger partial charge in [-0.25, -0.2) is 4.79 Å². The number of furan rings is 1. The molecule has 2 heterocycles. The molecule has 0 saturated carbocycles. The molecule has 0 bridgehead atoms. The van der Waals surface area contributed by atoms with Crippen molar-refractivity contribution in [1.29, 1.82) is 0 Å². The van der Waals surface area contributed by atoms with E-state index in [0.717, 1.165) is 23.8 Å². The first-order valence-electron chi connectivity index (χ1n) is 6.82. The van der Waals surface area contributed by atoms with Gasteiger partial charge in [0.2, 0.25) is 5.88 Å². The van der Waals surface area contributed by atoms with Crippen molar-refractivity contribution >= 4 is 29.2 Å². The predicted octanol–water partition coefficient (Wildman–Crippen LogP) is 3.29. The van der Waals surface area contributed by atoms with Crippen LogP contribution in [0.4, 0.5) is 16.4 Å². The molecule has 2 amide bonds. The zero-order valence-electron chi connectivity index (χ0n) is 11.5. The lowest BCUT2D eigenvalue weighted by atomic mass is 10.2. The number of nitrogens with one attached hydrogen (secondary N) is 1. The molecule has 1 saturated heterocycles. The second-order valence-electron chi connectivity index (χ2n) is 4.86. The average Bonchev–Trinajstić information content (AvgIpc) is 3.00. The minimum atomic E-state index is -0.129. The molecule has 1 aliphatic heterocycles. The molecule has 5 nitrogen and oxygen atoms in total. The van der Waals surface area contributed by atoms with Gasteiger partial charge in [-0.15, -0.1) is 0 Å². The summed E-state index contributed by atoms with van der Waals surface area (Å²) < 4.78 is 5.11. The first kappa shape index (κ1) is 13.8. The van der Waals surface area contributed by atoms with Crippen LogP contribution in [0.1, 0.15) is 0 Å². The predicted molar refractivity (Wildman–Crippen MR) is 83.0 cm³/mol. The number of anilines is 2. The van der Waals surface area contributed by atoms with Crippen LogP contribution in [-0.4, -0.2) is 37.1 Å². The number of rotatable bonds is 2. The van der Waals surface area contributed by atoms with Gasteiger partial charge in [0, 0.05) is 43.0 Å². The van der Waals surface area contributed by atoms with Gasteiger partial charge in [0.25, 0.3) is 0 Å². The number of amides is 2. The molecule has 0 unspecified atom stereocenters. The fourth-order valence-corrected chi connectivity index (χ4v) is 2.56. The molecular weight excluding hydrogens is 290 g/mol. The van der Waals surface area contributed by atoms with Crippen LogP contribution in [0.25, 0.3) is 0 Å². The summed E-state index contributed by atoms with van der Waals surface area (Å²) in [6, 6.07) is 11.1. The van der Waals surface area contributed by atoms with Crippen molar-refractivity contribution < 1.29 is 9.21 Å². The minimum absolute atomic E-state index is 0.129. The lowest BCUT2D eigenvalue weighted by Gasteiger charge is -2.35. The van der Waals surface area contributed by atoms with Gasteiger partial charge >= 0.3 is 6.03 Å². The average molecular weight is 306 g/mol. The van der Waals surface area contributed by atoms with Crippen LogP contribution in [0, 0.1) is 0 Å². The summed E-state index contributed by atoms with van der Waals surface area (Å²) >= 11 is 6.01. The van der Waals surface area contributed by atoms with E-state index >= 15 is 0 Å². The van der Waals surface area contributed by atoms with Crippen molar-refractivity contribution in [2.45, 2.75) is 0 Å². The number of piperazine rings is 1. The molecule has 21 heavy (non-hydrogen) atoms. The third kappa shape index (κ3) is 3.31. The van der Waals surface area contributed by atoms with Crippen LogP contribution < -0.4 is 10.2 Å². The van der Waals surface area contributed by atoms with Gasteiger partial charge in [-0.2, -0.15) is 0 Å². The molecular formula is C15H16ClN3O2. The van der Waals surface area contributed by atoms with E-state index in [1.54, 1.807) is 17.0 Å². The number of nitrogens with zero attached hydrogens (tertiary/aromatic N) is 2. The molecule has 1 fully saturated rings. The Morgan fingerprint density at radius 3 is 2.62 bits per heavy atom. The van der Waals surface area contributed by atoms with Crippen LogP contribution >= 0.6 is 11.6 Å². The zero-order chi connectivity index (χ0) is 14.7. The van der Waals surface area contributed by atoms with Crippen LogP contribution in [-0.2, 0) is 0 Å². The summed E-state index contributed by atoms with van der Waals surface area (Å²) in [7, 11) is 0. The van der Waals surface area contributed by atoms with E-state index < -0.39 is 0 Å². The summed E-state index contributed by atoms with van der Waals surface area (Å²) in [5.41, 5.74) is 1.09. The molecule has 2 aromatic rings. The van der Waals surface area contributed by atoms with Gasteiger partial charge in [-0.05, 0) is 24.3 Å². The number of hydrogen-bond acceptors (Lipinski definition) is 3. The van der Waals surface area contributed by atoms with E-state index in [1.807, 2.05) is 24.3 Å². The van der Waals surface area contributed by atoms with Crippen molar-refractivity contribution in [3.8, 4) is 0 Å². The molecule has 110 valence electrons. The molecule has 3 rings (SSSR count). The summed E-state index contributed by atoms with van der Waals surface area (Å²) in [6.07, 6.45) is 1.53. The quantitative estimate of drug-likeness (QED) is 0.926. The van der Waals surface area contributed by atoms with E-state index in [4.69, 9.17) is 16.0 Å². The second-order valence-corrected chi connectivity index (χ2v) is 5.30. The van der Waals surface area contributed by atoms with Crippen LogP contribution in [0.3, 0.4) is 0 Å². The Morgan fingerprint density at radius 1 is 1.14 bits per heavy atom. The molecule has 0 atom stereocenters. The van der Waals surface area contributed by atoms with Crippen LogP contribution in [0.5, 0.6) is 0 Å². The summed E-state index contributed by atoms with van der Waals surface area (Å²) in [5, 5.41) is 3.46. The molecule has 0 spiro atoms. The van der Waals surface area contributed by atoms with E-state index in [2.05, 4.69) is 10.2 Å². The van der Waals surface area contributed by atoms with Crippen LogP contribution in [0.15, 0.2) is 47.1 Å². The van der Waals surface area contributed by atoms with Crippen molar-refractivity contribution in [1.82, 2.24) is 4.90 Å². The standard InChI is InChI=1S/C15H16ClN3O2/c16-12-3-1-4-13(11-12)18-6-8-19(9-7-18)15(20)17-14-5-2-10-21-14/h1-5,10-11H,6-9H2,(H,17,20). The number of halogens is 1. The molecule has 0 aliphatic carbocycles. The van der Waals surface area contributed by atoms with Gasteiger partial charge in [0.1, 0.15) is 0 Å². The first-order valence-corrected chi connectivity index (χ1v) is 7.20. The fourth-order valence-electron chi connectivity index (χ4n) is 2.37. The highest BCUT2D eigenvalue weighted by atomic mass is 35.5. The van der Waals surface area contributed by atoms with E-state index in [1.165, 1.54) is 6.26 Å². The van der Waals surface area contributed by atoms with Gasteiger partial charge < -0.3 is 14.2 Å². The molecule has 1 N–H and O–H groups in total. The largest absolute Gasteiger partial charge is 0.449 e. The Morgan fingerprint density at radius 2 is 1.95 bits per heavy atom. The number of urea groups is 1. The van der Waals surface area contributed by atoms with Gasteiger partial charge in [0.15, 0.2) is 0 Å². The Labute approximate surface area is 128 Å². The van der Waals surface area contributed by atoms with Crippen molar-refractivity contribution in [2.24, 2.45) is 0 Å². The second kappa shape index (κ2) is 6.10. The molecule has 1 aromatic carbocycles. The highest BCUT2D eigenvalue weighted by molar-refractivity contribution is 6.30. The Kier molecular flexibility index (Phi) is 4.01. The van der Waals surface area contributed by atoms with E-state index in [9.17, 15) is 4.79 Å². The summed E-state index contributed by atoms with van der Waals surface area (Å²) in [5.74, 6) is 0.470. The topological polar surface area (TPSA) is 48.7 Å². The highest BCUT2D eigenvalue weighted by Crippen LogP contribution is 2.21. The monoisotopic (exact) mass is 305 g/mol. The number of benzene rings is 1. The molecule has 0 radical (unpaired) electrons. The number of carbonyl (C=O) groups is 1. The number of carbonyl (C=O) groups excluding carboxylic acids is 1. The normalized spacial score (nSPS) is 15.1. The molecule has 1 aliphatic rings. The van der Waals surface area contributed by atoms with Crippen molar-refractivity contribution in [2.75, 3.05) is 36.4 Å². The minimum Gasteiger partial charge on any atom is -0.449 e. The third-order valence-electron chi connectivity index (χ3n) is 3.49. The van der Waals surface area contributed by atoms with Crippen molar-refractivity contribution in [3.63, 3.8) is 0 Å². The fraction of sp³-hybridized carbons (Fsp3) is 0.267. The Bertz CT molecular complexity index is 607. The van der Waals surface area contributed by atoms with E-state index in [-0.39, 0.29) is 6.03 Å². The Hall–Kier alpha value is -2.14. The highest BCUT2D eigenvalue weighted by Gasteiger charge is 2.21. The molecule has 1 aromatic heterocycles. The van der Waals surface area contributed by atoms with E-state index in [0.29, 0.717) is 19.0 Å². The van der Waals surface area contributed by atoms with Gasteiger partial charge in [-0.1, -0.05) is 17.7 Å². The van der Waals surface area contributed by atoms with Gasteiger partial charge in [0.05, 0.1) is 6.26 Å². The lowest BCUT2D eigenvalue weighted by Crippen LogP contribution is -2.50. The maximum absolute atomic E-state index is 12.1. The van der Waals surface area contributed by atoms with Crippen molar-refractivity contribution in [3.05, 3.63) is 47.7 Å². The first-order chi connectivity index (χ1) is 10.2. The maximum atomic E-state index is 12.1. The SMILES string of the molecule is O=C(Nc1ccco1)N1CCN(c2cccc(Cl)c2)CC1. The van der Waals surface area contributed by atoms with Gasteiger partial charge in [-0.3, -0.25) is 5.32 Å². The Balaban J connectivity index is 1.56. The third-order valence-corrected chi connectivity index (χ3v) is 3.73. The zero-order valence-corrected chi connectivity index (χ0v) is 12.2. The summed E-state index contributed by atoms with van der Waals surface area (Å²) in [4.78, 5) is 16.1. The summed E-state index contributed by atoms with van der Waals surface area (Å²) in [6.45, 7) is 2.90.